The highest BCUT2D eigenvalue weighted by atomic mass is 35.5. The van der Waals surface area contributed by atoms with Crippen LogP contribution in [-0.2, 0) is 0 Å². The molecule has 86 valence electrons. The number of benzene rings is 1. The first-order chi connectivity index (χ1) is 8.08. The lowest BCUT2D eigenvalue weighted by Crippen LogP contribution is -1.93. The summed E-state index contributed by atoms with van der Waals surface area (Å²) in [6, 6.07) is 7.78. The molecule has 0 saturated carbocycles. The number of carbonyl (C=O) groups excluding carboxylic acids is 1. The number of nitrogens with zero attached hydrogens (tertiary/aromatic N) is 1. The molecule has 0 bridgehead atoms. The molecule has 0 spiro atoms. The lowest BCUT2D eigenvalue weighted by Gasteiger charge is -2.03. The van der Waals surface area contributed by atoms with Crippen molar-refractivity contribution in [1.29, 1.82) is 0 Å². The van der Waals surface area contributed by atoms with Gasteiger partial charge >= 0.3 is 0 Å². The van der Waals surface area contributed by atoms with E-state index >= 15 is 0 Å². The minimum Gasteiger partial charge on any atom is -0.294 e. The van der Waals surface area contributed by atoms with Crippen LogP contribution in [0.5, 0.6) is 0 Å². The van der Waals surface area contributed by atoms with Gasteiger partial charge in [-0.3, -0.25) is 9.78 Å². The second-order valence-electron chi connectivity index (χ2n) is 3.62. The Hall–Kier alpha value is -1.74. The van der Waals surface area contributed by atoms with Crippen LogP contribution >= 0.6 is 11.6 Å². The van der Waals surface area contributed by atoms with Crippen LogP contribution in [0.4, 0.5) is 4.39 Å². The number of carbonyl (C=O) groups is 1. The maximum absolute atomic E-state index is 13.0. The maximum Gasteiger partial charge on any atom is 0.161 e. The van der Waals surface area contributed by atoms with Crippen LogP contribution in [0.2, 0.25) is 5.02 Å². The smallest absolute Gasteiger partial charge is 0.161 e. The van der Waals surface area contributed by atoms with Gasteiger partial charge in [-0.1, -0.05) is 11.6 Å². The fourth-order valence-corrected chi connectivity index (χ4v) is 1.61. The van der Waals surface area contributed by atoms with Crippen molar-refractivity contribution in [1.82, 2.24) is 4.98 Å². The predicted octanol–water partition coefficient (Wildman–Crippen LogP) is 3.74. The molecule has 2 nitrogen and oxygen atoms in total. The number of Topliss-reactive ketones (excluding diaryl/α,β-unsaturated/α-hetero) is 1. The average molecular weight is 250 g/mol. The molecule has 0 atom stereocenters. The van der Waals surface area contributed by atoms with Crippen LogP contribution < -0.4 is 0 Å². The molecular weight excluding hydrogens is 241 g/mol. The summed E-state index contributed by atoms with van der Waals surface area (Å²) >= 11 is 5.69. The normalized spacial score (nSPS) is 10.3. The van der Waals surface area contributed by atoms with Gasteiger partial charge in [0.2, 0.25) is 0 Å². The molecule has 0 fully saturated rings. The first-order valence-corrected chi connectivity index (χ1v) is 5.38. The molecule has 0 aliphatic rings. The number of rotatable bonds is 2. The van der Waals surface area contributed by atoms with Crippen molar-refractivity contribution in [2.24, 2.45) is 0 Å². The topological polar surface area (TPSA) is 30.0 Å². The van der Waals surface area contributed by atoms with E-state index in [-0.39, 0.29) is 10.8 Å². The van der Waals surface area contributed by atoms with Gasteiger partial charge in [-0.2, -0.15) is 0 Å². The van der Waals surface area contributed by atoms with Crippen LogP contribution in [0.3, 0.4) is 0 Å². The molecule has 0 unspecified atom stereocenters. The summed E-state index contributed by atoms with van der Waals surface area (Å²) in [6.07, 6.45) is 1.49. The van der Waals surface area contributed by atoms with Crippen molar-refractivity contribution in [2.75, 3.05) is 0 Å². The van der Waals surface area contributed by atoms with Crippen LogP contribution in [-0.4, -0.2) is 10.8 Å². The minimum atomic E-state index is -0.462. The van der Waals surface area contributed by atoms with Crippen molar-refractivity contribution in [2.45, 2.75) is 6.92 Å². The largest absolute Gasteiger partial charge is 0.294 e. The molecule has 0 aliphatic carbocycles. The number of hydrogen-bond acceptors (Lipinski definition) is 2. The molecular formula is C13H9ClFNO. The molecule has 0 saturated heterocycles. The average Bonchev–Trinajstić information content (AvgIpc) is 2.33. The van der Waals surface area contributed by atoms with Crippen molar-refractivity contribution in [3.63, 3.8) is 0 Å². The minimum absolute atomic E-state index is 0.0406. The van der Waals surface area contributed by atoms with E-state index in [4.69, 9.17) is 11.6 Å². The third kappa shape index (κ3) is 2.50. The van der Waals surface area contributed by atoms with E-state index in [2.05, 4.69) is 4.98 Å². The molecule has 0 amide bonds. The highest BCUT2D eigenvalue weighted by Crippen LogP contribution is 2.23. The number of hydrogen-bond donors (Lipinski definition) is 0. The molecule has 0 aliphatic heterocycles. The summed E-state index contributed by atoms with van der Waals surface area (Å²) in [5, 5.41) is 0.0555. The first-order valence-electron chi connectivity index (χ1n) is 5.00. The third-order valence-electron chi connectivity index (χ3n) is 2.39. The van der Waals surface area contributed by atoms with Gasteiger partial charge in [0.25, 0.3) is 0 Å². The number of ketones is 1. The number of aromatic nitrogens is 1. The third-order valence-corrected chi connectivity index (χ3v) is 2.68. The number of halogens is 2. The summed E-state index contributed by atoms with van der Waals surface area (Å²) in [5.74, 6) is -0.503. The van der Waals surface area contributed by atoms with Gasteiger partial charge in [0.05, 0.1) is 10.7 Å². The Bertz CT molecular complexity index is 566. The van der Waals surface area contributed by atoms with Crippen LogP contribution in [0.25, 0.3) is 11.3 Å². The molecule has 17 heavy (non-hydrogen) atoms. The molecule has 0 N–H and O–H groups in total. The van der Waals surface area contributed by atoms with E-state index in [0.717, 1.165) is 0 Å². The molecule has 4 heteroatoms. The monoisotopic (exact) mass is 249 g/mol. The van der Waals surface area contributed by atoms with Gasteiger partial charge in [0.15, 0.2) is 5.78 Å². The Morgan fingerprint density at radius 3 is 2.59 bits per heavy atom. The van der Waals surface area contributed by atoms with Crippen molar-refractivity contribution < 1.29 is 9.18 Å². The van der Waals surface area contributed by atoms with Gasteiger partial charge in [-0.25, -0.2) is 4.39 Å². The van der Waals surface area contributed by atoms with Crippen molar-refractivity contribution >= 4 is 17.4 Å². The molecule has 1 aromatic heterocycles. The second kappa shape index (κ2) is 4.63. The summed E-state index contributed by atoms with van der Waals surface area (Å²) in [4.78, 5) is 15.2. The summed E-state index contributed by atoms with van der Waals surface area (Å²) in [7, 11) is 0. The quantitative estimate of drug-likeness (QED) is 0.759. The van der Waals surface area contributed by atoms with Gasteiger partial charge in [0, 0.05) is 17.3 Å². The van der Waals surface area contributed by atoms with Gasteiger partial charge in [-0.15, -0.1) is 0 Å². The fraction of sp³-hybridized carbons (Fsp3) is 0.0769. The Kier molecular flexibility index (Phi) is 3.20. The van der Waals surface area contributed by atoms with E-state index in [9.17, 15) is 9.18 Å². The molecule has 1 heterocycles. The van der Waals surface area contributed by atoms with E-state index in [1.54, 1.807) is 18.2 Å². The Balaban J connectivity index is 2.39. The summed E-state index contributed by atoms with van der Waals surface area (Å²) < 4.78 is 13.0. The standard InChI is InChI=1S/C13H9ClFNO/c1-8(17)10-3-5-13(16-7-10)9-2-4-12(15)11(14)6-9/h2-7H,1H3. The van der Waals surface area contributed by atoms with E-state index in [0.29, 0.717) is 16.8 Å². The zero-order valence-electron chi connectivity index (χ0n) is 9.08. The highest BCUT2D eigenvalue weighted by Gasteiger charge is 2.05. The summed E-state index contributed by atoms with van der Waals surface area (Å²) in [5.41, 5.74) is 1.91. The highest BCUT2D eigenvalue weighted by molar-refractivity contribution is 6.31. The van der Waals surface area contributed by atoms with Gasteiger partial charge in [0.1, 0.15) is 5.82 Å². The van der Waals surface area contributed by atoms with Gasteiger partial charge < -0.3 is 0 Å². The van der Waals surface area contributed by atoms with Crippen LogP contribution in [0.1, 0.15) is 17.3 Å². The zero-order chi connectivity index (χ0) is 12.4. The Labute approximate surface area is 103 Å². The van der Waals surface area contributed by atoms with Crippen molar-refractivity contribution in [3.05, 3.63) is 52.9 Å². The van der Waals surface area contributed by atoms with Gasteiger partial charge in [-0.05, 0) is 37.3 Å². The lowest BCUT2D eigenvalue weighted by molar-refractivity contribution is 0.101. The first kappa shape index (κ1) is 11.7. The van der Waals surface area contributed by atoms with Crippen molar-refractivity contribution in [3.8, 4) is 11.3 Å². The molecule has 1 aromatic carbocycles. The van der Waals surface area contributed by atoms with E-state index in [1.165, 1.54) is 25.3 Å². The lowest BCUT2D eigenvalue weighted by atomic mass is 10.1. The molecule has 0 radical (unpaired) electrons. The SMILES string of the molecule is CC(=O)c1ccc(-c2ccc(F)c(Cl)c2)nc1. The van der Waals surface area contributed by atoms with E-state index < -0.39 is 5.82 Å². The Morgan fingerprint density at radius 1 is 1.29 bits per heavy atom. The maximum atomic E-state index is 13.0. The molecule has 2 rings (SSSR count). The summed E-state index contributed by atoms with van der Waals surface area (Å²) in [6.45, 7) is 1.48. The fourth-order valence-electron chi connectivity index (χ4n) is 1.43. The molecule has 2 aromatic rings. The Morgan fingerprint density at radius 2 is 2.06 bits per heavy atom. The van der Waals surface area contributed by atoms with E-state index in [1.807, 2.05) is 0 Å². The number of pyridine rings is 1. The van der Waals surface area contributed by atoms with Crippen LogP contribution in [0, 0.1) is 5.82 Å². The zero-order valence-corrected chi connectivity index (χ0v) is 9.83. The van der Waals surface area contributed by atoms with Crippen LogP contribution in [0.15, 0.2) is 36.5 Å². The second-order valence-corrected chi connectivity index (χ2v) is 4.02. The predicted molar refractivity (Wildman–Crippen MR) is 64.6 cm³/mol.